The lowest BCUT2D eigenvalue weighted by Crippen LogP contribution is -2.34. The molecule has 1 unspecified atom stereocenters. The minimum Gasteiger partial charge on any atom is -0.352 e. The number of hydrogen-bond acceptors (Lipinski definition) is 3. The van der Waals surface area contributed by atoms with Crippen LogP contribution in [0.25, 0.3) is 0 Å². The van der Waals surface area contributed by atoms with Gasteiger partial charge in [-0.25, -0.2) is 0 Å². The van der Waals surface area contributed by atoms with E-state index in [2.05, 4.69) is 35.3 Å². The summed E-state index contributed by atoms with van der Waals surface area (Å²) in [6, 6.07) is 8.38. The van der Waals surface area contributed by atoms with Crippen molar-refractivity contribution in [2.24, 2.45) is 11.7 Å². The molecule has 0 radical (unpaired) electrons. The van der Waals surface area contributed by atoms with Gasteiger partial charge in [0, 0.05) is 32.6 Å². The lowest BCUT2D eigenvalue weighted by Gasteiger charge is -2.31. The van der Waals surface area contributed by atoms with Crippen molar-refractivity contribution in [3.8, 4) is 0 Å². The first kappa shape index (κ1) is 16.0. The third-order valence-electron chi connectivity index (χ3n) is 4.10. The molecule has 1 atom stereocenters. The zero-order valence-electron chi connectivity index (χ0n) is 13.0. The van der Waals surface area contributed by atoms with Crippen molar-refractivity contribution in [2.45, 2.75) is 39.3 Å². The molecule has 1 aliphatic heterocycles. The molecule has 1 aromatic rings. The molecule has 1 amide bonds. The minimum absolute atomic E-state index is 0.0268. The van der Waals surface area contributed by atoms with Crippen molar-refractivity contribution in [1.29, 1.82) is 0 Å². The van der Waals surface area contributed by atoms with Crippen LogP contribution in [-0.2, 0) is 17.9 Å². The highest BCUT2D eigenvalue weighted by Crippen LogP contribution is 2.19. The van der Waals surface area contributed by atoms with Gasteiger partial charge in [0.15, 0.2) is 0 Å². The van der Waals surface area contributed by atoms with Crippen LogP contribution < -0.4 is 11.1 Å². The van der Waals surface area contributed by atoms with Gasteiger partial charge in [0.2, 0.25) is 5.91 Å². The average molecular weight is 289 g/mol. The molecule has 0 saturated carbocycles. The van der Waals surface area contributed by atoms with E-state index < -0.39 is 0 Å². The number of carbonyl (C=O) groups excluding carboxylic acids is 1. The Bertz CT molecular complexity index is 461. The average Bonchev–Trinajstić information content (AvgIpc) is 2.47. The van der Waals surface area contributed by atoms with E-state index in [1.165, 1.54) is 37.1 Å². The lowest BCUT2D eigenvalue weighted by molar-refractivity contribution is -0.121. The third-order valence-corrected chi connectivity index (χ3v) is 4.10. The molecule has 1 aliphatic rings. The second-order valence-corrected chi connectivity index (χ2v) is 6.07. The summed E-state index contributed by atoms with van der Waals surface area (Å²) in [5.74, 6) is 0.814. The first-order valence-corrected chi connectivity index (χ1v) is 7.95. The normalized spacial score (nSPS) is 19.4. The Labute approximate surface area is 127 Å². The molecular formula is C17H27N3O. The highest BCUT2D eigenvalue weighted by atomic mass is 16.1. The number of nitrogens with one attached hydrogen (secondary N) is 1. The monoisotopic (exact) mass is 289 g/mol. The van der Waals surface area contributed by atoms with Gasteiger partial charge in [0.05, 0.1) is 0 Å². The van der Waals surface area contributed by atoms with Crippen LogP contribution in [0, 0.1) is 5.92 Å². The molecule has 4 heteroatoms. The maximum atomic E-state index is 11.6. The molecular weight excluding hydrogens is 262 g/mol. The van der Waals surface area contributed by atoms with Gasteiger partial charge in [0.25, 0.3) is 0 Å². The first-order chi connectivity index (χ1) is 10.2. The fraction of sp³-hybridized carbons (Fsp3) is 0.588. The van der Waals surface area contributed by atoms with Gasteiger partial charge in [-0.05, 0) is 36.4 Å². The predicted molar refractivity (Wildman–Crippen MR) is 85.6 cm³/mol. The van der Waals surface area contributed by atoms with E-state index in [9.17, 15) is 4.79 Å². The van der Waals surface area contributed by atoms with Crippen molar-refractivity contribution in [3.63, 3.8) is 0 Å². The molecule has 21 heavy (non-hydrogen) atoms. The van der Waals surface area contributed by atoms with Crippen LogP contribution in [0.1, 0.15) is 37.3 Å². The van der Waals surface area contributed by atoms with Crippen molar-refractivity contribution in [1.82, 2.24) is 10.2 Å². The Hall–Kier alpha value is -1.39. The zero-order chi connectivity index (χ0) is 15.1. The van der Waals surface area contributed by atoms with Gasteiger partial charge in [0.1, 0.15) is 0 Å². The Morgan fingerprint density at radius 2 is 2.14 bits per heavy atom. The van der Waals surface area contributed by atoms with E-state index in [4.69, 9.17) is 5.73 Å². The Kier molecular flexibility index (Phi) is 6.21. The molecule has 1 saturated heterocycles. The second kappa shape index (κ2) is 8.15. The summed E-state index contributed by atoms with van der Waals surface area (Å²) in [5, 5.41) is 2.95. The molecule has 0 spiro atoms. The molecule has 0 bridgehead atoms. The van der Waals surface area contributed by atoms with Crippen LogP contribution in [0.15, 0.2) is 24.3 Å². The summed E-state index contributed by atoms with van der Waals surface area (Å²) in [4.78, 5) is 14.1. The number of rotatable bonds is 6. The molecule has 1 aromatic carbocycles. The van der Waals surface area contributed by atoms with Gasteiger partial charge in [-0.3, -0.25) is 9.69 Å². The Morgan fingerprint density at radius 3 is 2.86 bits per heavy atom. The molecule has 116 valence electrons. The lowest BCUT2D eigenvalue weighted by atomic mass is 9.99. The van der Waals surface area contributed by atoms with Gasteiger partial charge in [-0.15, -0.1) is 0 Å². The van der Waals surface area contributed by atoms with Crippen LogP contribution in [0.2, 0.25) is 0 Å². The smallest absolute Gasteiger partial charge is 0.221 e. The van der Waals surface area contributed by atoms with E-state index in [-0.39, 0.29) is 5.91 Å². The predicted octanol–water partition coefficient (Wildman–Crippen LogP) is 1.88. The minimum atomic E-state index is 0.0268. The molecule has 1 heterocycles. The van der Waals surface area contributed by atoms with Crippen LogP contribution in [0.4, 0.5) is 0 Å². The van der Waals surface area contributed by atoms with Crippen molar-refractivity contribution < 1.29 is 4.79 Å². The molecule has 0 aliphatic carbocycles. The number of nitrogens with two attached hydrogens (primary N) is 1. The summed E-state index contributed by atoms with van der Waals surface area (Å²) in [6.45, 7) is 6.65. The van der Waals surface area contributed by atoms with Crippen LogP contribution in [0.5, 0.6) is 0 Å². The number of hydrogen-bond donors (Lipinski definition) is 2. The van der Waals surface area contributed by atoms with E-state index >= 15 is 0 Å². The number of piperidine rings is 1. The topological polar surface area (TPSA) is 58.4 Å². The number of amides is 1. The number of carbonyl (C=O) groups is 1. The Morgan fingerprint density at radius 1 is 1.38 bits per heavy atom. The molecule has 4 nitrogen and oxygen atoms in total. The summed E-state index contributed by atoms with van der Waals surface area (Å²) in [6.07, 6.45) is 3.02. The van der Waals surface area contributed by atoms with Crippen LogP contribution in [-0.4, -0.2) is 30.4 Å². The van der Waals surface area contributed by atoms with E-state index in [0.717, 1.165) is 12.5 Å². The van der Waals surface area contributed by atoms with Crippen molar-refractivity contribution >= 4 is 5.91 Å². The number of benzene rings is 1. The fourth-order valence-corrected chi connectivity index (χ4v) is 2.97. The molecule has 0 aromatic heterocycles. The quantitative estimate of drug-likeness (QED) is 0.841. The van der Waals surface area contributed by atoms with Gasteiger partial charge < -0.3 is 11.1 Å². The van der Waals surface area contributed by atoms with Gasteiger partial charge in [-0.2, -0.15) is 0 Å². The summed E-state index contributed by atoms with van der Waals surface area (Å²) in [5.41, 5.74) is 7.93. The van der Waals surface area contributed by atoms with Gasteiger partial charge in [-0.1, -0.05) is 31.2 Å². The van der Waals surface area contributed by atoms with Crippen molar-refractivity contribution in [2.75, 3.05) is 19.6 Å². The zero-order valence-corrected chi connectivity index (χ0v) is 13.0. The molecule has 2 rings (SSSR count). The molecule has 3 N–H and O–H groups in total. The highest BCUT2D eigenvalue weighted by Gasteiger charge is 2.17. The standard InChI is InChI=1S/C17H27N3O/c1-14-5-4-10-20(12-14)13-16-7-3-2-6-15(16)11-19-17(21)8-9-18/h2-3,6-7,14H,4-5,8-13,18H2,1H3,(H,19,21). The third kappa shape index (κ3) is 5.14. The SMILES string of the molecule is CC1CCCN(Cc2ccccc2CNC(=O)CCN)C1. The van der Waals surface area contributed by atoms with Crippen LogP contribution >= 0.6 is 0 Å². The maximum absolute atomic E-state index is 11.6. The summed E-state index contributed by atoms with van der Waals surface area (Å²) in [7, 11) is 0. The van der Waals surface area contributed by atoms with E-state index in [1.54, 1.807) is 0 Å². The maximum Gasteiger partial charge on any atom is 0.221 e. The van der Waals surface area contributed by atoms with E-state index in [1.807, 2.05) is 6.07 Å². The second-order valence-electron chi connectivity index (χ2n) is 6.07. The largest absolute Gasteiger partial charge is 0.352 e. The first-order valence-electron chi connectivity index (χ1n) is 7.95. The van der Waals surface area contributed by atoms with E-state index in [0.29, 0.717) is 19.5 Å². The summed E-state index contributed by atoms with van der Waals surface area (Å²) >= 11 is 0. The summed E-state index contributed by atoms with van der Waals surface area (Å²) < 4.78 is 0. The van der Waals surface area contributed by atoms with Crippen LogP contribution in [0.3, 0.4) is 0 Å². The fourth-order valence-electron chi connectivity index (χ4n) is 2.97. The Balaban J connectivity index is 1.94. The van der Waals surface area contributed by atoms with Gasteiger partial charge >= 0.3 is 0 Å². The highest BCUT2D eigenvalue weighted by molar-refractivity contribution is 5.76. The number of nitrogens with zero attached hydrogens (tertiary/aromatic N) is 1. The molecule has 1 fully saturated rings. The number of likely N-dealkylation sites (tertiary alicyclic amines) is 1. The van der Waals surface area contributed by atoms with Crippen molar-refractivity contribution in [3.05, 3.63) is 35.4 Å².